The molecule has 3 rings (SSSR count). The highest BCUT2D eigenvalue weighted by Crippen LogP contribution is 2.21. The minimum Gasteiger partial charge on any atom is -0.379 e. The Morgan fingerprint density at radius 3 is 2.86 bits per heavy atom. The minimum absolute atomic E-state index is 0.0631. The number of hydrogen-bond donors (Lipinski definition) is 0. The van der Waals surface area contributed by atoms with Gasteiger partial charge in [-0.1, -0.05) is 11.2 Å². The summed E-state index contributed by atoms with van der Waals surface area (Å²) in [5.41, 5.74) is 0. The predicted molar refractivity (Wildman–Crippen MR) is 111 cm³/mol. The van der Waals surface area contributed by atoms with Gasteiger partial charge in [-0.15, -0.1) is 11.3 Å². The summed E-state index contributed by atoms with van der Waals surface area (Å²) in [4.78, 5) is 22.2. The highest BCUT2D eigenvalue weighted by Gasteiger charge is 2.25. The van der Waals surface area contributed by atoms with Gasteiger partial charge in [0.05, 0.1) is 18.1 Å². The molecule has 0 bridgehead atoms. The van der Waals surface area contributed by atoms with Crippen LogP contribution in [0.3, 0.4) is 0 Å². The molecule has 1 aliphatic rings. The van der Waals surface area contributed by atoms with Crippen LogP contribution in [-0.4, -0.2) is 84.5 Å². The van der Waals surface area contributed by atoms with Crippen molar-refractivity contribution in [3.63, 3.8) is 0 Å². The van der Waals surface area contributed by atoms with E-state index in [0.29, 0.717) is 31.5 Å². The maximum absolute atomic E-state index is 12.5. The lowest BCUT2D eigenvalue weighted by atomic mass is 10.2. The van der Waals surface area contributed by atoms with Crippen molar-refractivity contribution in [2.24, 2.45) is 0 Å². The first kappa shape index (κ1) is 21.9. The van der Waals surface area contributed by atoms with E-state index in [1.165, 1.54) is 0 Å². The molecule has 1 amide bonds. The molecular formula is C20H30N4O4S. The molecule has 0 aliphatic carbocycles. The van der Waals surface area contributed by atoms with Gasteiger partial charge in [-0.05, 0) is 38.3 Å². The van der Waals surface area contributed by atoms with Crippen LogP contribution in [0.1, 0.15) is 26.2 Å². The van der Waals surface area contributed by atoms with Crippen LogP contribution in [0.5, 0.6) is 0 Å². The molecule has 0 aromatic carbocycles. The van der Waals surface area contributed by atoms with Crippen molar-refractivity contribution < 1.29 is 18.8 Å². The molecule has 0 radical (unpaired) electrons. The van der Waals surface area contributed by atoms with Crippen molar-refractivity contribution in [3.8, 4) is 10.7 Å². The number of aryl methyl sites for hydroxylation is 1. The molecule has 1 unspecified atom stereocenters. The normalized spacial score (nSPS) is 16.3. The van der Waals surface area contributed by atoms with E-state index < -0.39 is 6.10 Å². The zero-order valence-electron chi connectivity index (χ0n) is 17.2. The lowest BCUT2D eigenvalue weighted by Crippen LogP contribution is -2.51. The highest BCUT2D eigenvalue weighted by molar-refractivity contribution is 7.13. The molecule has 1 saturated heterocycles. The van der Waals surface area contributed by atoms with Crippen LogP contribution in [-0.2, 0) is 20.7 Å². The van der Waals surface area contributed by atoms with E-state index in [9.17, 15) is 4.79 Å². The first-order valence-electron chi connectivity index (χ1n) is 10.2. The van der Waals surface area contributed by atoms with Crippen LogP contribution < -0.4 is 0 Å². The molecular weight excluding hydrogens is 392 g/mol. The van der Waals surface area contributed by atoms with Crippen molar-refractivity contribution in [1.82, 2.24) is 19.9 Å². The first-order chi connectivity index (χ1) is 14.2. The molecule has 8 nitrogen and oxygen atoms in total. The Morgan fingerprint density at radius 2 is 2.14 bits per heavy atom. The average molecular weight is 423 g/mol. The van der Waals surface area contributed by atoms with Crippen molar-refractivity contribution in [2.75, 3.05) is 52.5 Å². The minimum atomic E-state index is -0.419. The summed E-state index contributed by atoms with van der Waals surface area (Å²) in [5.74, 6) is 1.41. The van der Waals surface area contributed by atoms with E-state index in [2.05, 4.69) is 15.0 Å². The Hall–Kier alpha value is -1.81. The summed E-state index contributed by atoms with van der Waals surface area (Å²) in [6.07, 6.45) is 1.30. The van der Waals surface area contributed by atoms with Crippen LogP contribution in [0.15, 0.2) is 22.0 Å². The van der Waals surface area contributed by atoms with Crippen LogP contribution in [0.4, 0.5) is 0 Å². The number of piperazine rings is 1. The maximum atomic E-state index is 12.5. The van der Waals surface area contributed by atoms with Gasteiger partial charge in [-0.2, -0.15) is 4.98 Å². The van der Waals surface area contributed by atoms with Gasteiger partial charge in [-0.3, -0.25) is 9.69 Å². The van der Waals surface area contributed by atoms with Crippen LogP contribution >= 0.6 is 11.3 Å². The number of rotatable bonds is 11. The SMILES string of the molecule is CCOCCOC(C)C(=O)N1CCN(CCCc2nc(-c3cccs3)no2)CC1. The van der Waals surface area contributed by atoms with Gasteiger partial charge in [0.15, 0.2) is 0 Å². The number of amides is 1. The van der Waals surface area contributed by atoms with E-state index >= 15 is 0 Å². The molecule has 1 aliphatic heterocycles. The number of aromatic nitrogens is 2. The molecule has 9 heteroatoms. The largest absolute Gasteiger partial charge is 0.379 e. The average Bonchev–Trinajstić information content (AvgIpc) is 3.43. The molecule has 1 fully saturated rings. The summed E-state index contributed by atoms with van der Waals surface area (Å²) in [6.45, 7) is 9.58. The Bertz CT molecular complexity index is 729. The van der Waals surface area contributed by atoms with E-state index in [0.717, 1.165) is 50.4 Å². The summed E-state index contributed by atoms with van der Waals surface area (Å²) in [7, 11) is 0. The Morgan fingerprint density at radius 1 is 1.31 bits per heavy atom. The second-order valence-electron chi connectivity index (χ2n) is 6.97. The molecule has 0 N–H and O–H groups in total. The quantitative estimate of drug-likeness (QED) is 0.514. The number of hydrogen-bond acceptors (Lipinski definition) is 8. The van der Waals surface area contributed by atoms with E-state index in [1.54, 1.807) is 11.3 Å². The van der Waals surface area contributed by atoms with Crippen molar-refractivity contribution in [1.29, 1.82) is 0 Å². The predicted octanol–water partition coefficient (Wildman–Crippen LogP) is 2.32. The topological polar surface area (TPSA) is 80.9 Å². The van der Waals surface area contributed by atoms with E-state index in [-0.39, 0.29) is 5.91 Å². The van der Waals surface area contributed by atoms with Crippen LogP contribution in [0, 0.1) is 0 Å². The van der Waals surface area contributed by atoms with Gasteiger partial charge >= 0.3 is 0 Å². The van der Waals surface area contributed by atoms with Gasteiger partial charge in [0, 0.05) is 39.2 Å². The maximum Gasteiger partial charge on any atom is 0.251 e. The molecule has 0 saturated carbocycles. The second kappa shape index (κ2) is 11.4. The van der Waals surface area contributed by atoms with Gasteiger partial charge in [-0.25, -0.2) is 0 Å². The van der Waals surface area contributed by atoms with Gasteiger partial charge in [0.1, 0.15) is 6.10 Å². The summed E-state index contributed by atoms with van der Waals surface area (Å²) < 4.78 is 16.2. The first-order valence-corrected chi connectivity index (χ1v) is 11.1. The third kappa shape index (κ3) is 6.60. The fourth-order valence-electron chi connectivity index (χ4n) is 3.26. The number of carbonyl (C=O) groups is 1. The third-order valence-electron chi connectivity index (χ3n) is 4.91. The number of nitrogens with zero attached hydrogens (tertiary/aromatic N) is 4. The van der Waals surface area contributed by atoms with Gasteiger partial charge in [0.2, 0.25) is 11.7 Å². The second-order valence-corrected chi connectivity index (χ2v) is 7.92. The smallest absolute Gasteiger partial charge is 0.251 e. The molecule has 0 spiro atoms. The fraction of sp³-hybridized carbons (Fsp3) is 0.650. The number of thiophene rings is 1. The Balaban J connectivity index is 1.32. The highest BCUT2D eigenvalue weighted by atomic mass is 32.1. The molecule has 1 atom stereocenters. The van der Waals surface area contributed by atoms with E-state index in [4.69, 9.17) is 14.0 Å². The molecule has 2 aromatic rings. The standard InChI is InChI=1S/C20H30N4O4S/c1-3-26-13-14-27-16(2)20(25)24-11-9-23(10-12-24)8-4-7-18-21-19(22-28-18)17-6-5-15-29-17/h5-6,15-16H,3-4,7-14H2,1-2H3. The number of carbonyl (C=O) groups excluding carboxylic acids is 1. The Labute approximate surface area is 175 Å². The lowest BCUT2D eigenvalue weighted by Gasteiger charge is -2.35. The van der Waals surface area contributed by atoms with Crippen LogP contribution in [0.2, 0.25) is 0 Å². The number of ether oxygens (including phenoxy) is 2. The lowest BCUT2D eigenvalue weighted by molar-refractivity contribution is -0.145. The fourth-order valence-corrected chi connectivity index (χ4v) is 3.91. The molecule has 160 valence electrons. The van der Waals surface area contributed by atoms with Gasteiger partial charge in [0.25, 0.3) is 5.91 Å². The monoisotopic (exact) mass is 422 g/mol. The van der Waals surface area contributed by atoms with Crippen molar-refractivity contribution in [2.45, 2.75) is 32.8 Å². The molecule has 29 heavy (non-hydrogen) atoms. The zero-order chi connectivity index (χ0) is 20.5. The summed E-state index contributed by atoms with van der Waals surface area (Å²) >= 11 is 1.61. The van der Waals surface area contributed by atoms with Crippen LogP contribution in [0.25, 0.3) is 10.7 Å². The Kier molecular flexibility index (Phi) is 8.60. The van der Waals surface area contributed by atoms with Gasteiger partial charge < -0.3 is 18.9 Å². The van der Waals surface area contributed by atoms with Crippen molar-refractivity contribution >= 4 is 17.2 Å². The van der Waals surface area contributed by atoms with E-state index in [1.807, 2.05) is 36.3 Å². The zero-order valence-corrected chi connectivity index (χ0v) is 18.0. The summed E-state index contributed by atoms with van der Waals surface area (Å²) in [6, 6.07) is 3.97. The third-order valence-corrected chi connectivity index (χ3v) is 5.77. The molecule has 3 heterocycles. The molecule has 2 aromatic heterocycles. The van der Waals surface area contributed by atoms with Crippen molar-refractivity contribution in [3.05, 3.63) is 23.4 Å². The summed E-state index contributed by atoms with van der Waals surface area (Å²) in [5, 5.41) is 6.05.